The smallest absolute Gasteiger partial charge is 0.151 e. The summed E-state index contributed by atoms with van der Waals surface area (Å²) in [5.41, 5.74) is 0.981. The maximum atomic E-state index is 11.4. The fourth-order valence-electron chi connectivity index (χ4n) is 1.48. The van der Waals surface area contributed by atoms with Crippen LogP contribution < -0.4 is 5.32 Å². The van der Waals surface area contributed by atoms with Crippen LogP contribution in [0.3, 0.4) is 0 Å². The van der Waals surface area contributed by atoms with E-state index in [1.54, 1.807) is 6.92 Å². The van der Waals surface area contributed by atoms with Crippen molar-refractivity contribution in [2.75, 3.05) is 11.5 Å². The molecule has 17 heavy (non-hydrogen) atoms. The zero-order chi connectivity index (χ0) is 12.9. The molecule has 0 radical (unpaired) electrons. The lowest BCUT2D eigenvalue weighted by molar-refractivity contribution is 0.557. The summed E-state index contributed by atoms with van der Waals surface area (Å²) >= 11 is 6.01. The van der Waals surface area contributed by atoms with Crippen molar-refractivity contribution in [3.63, 3.8) is 0 Å². The van der Waals surface area contributed by atoms with Gasteiger partial charge < -0.3 is 5.32 Å². The van der Waals surface area contributed by atoms with Crippen molar-refractivity contribution in [1.82, 2.24) is 5.32 Å². The fourth-order valence-corrected chi connectivity index (χ4v) is 2.80. The molecule has 1 atom stereocenters. The van der Waals surface area contributed by atoms with Crippen molar-refractivity contribution in [3.05, 3.63) is 34.9 Å². The van der Waals surface area contributed by atoms with Crippen LogP contribution in [-0.2, 0) is 16.4 Å². The molecule has 1 unspecified atom stereocenters. The minimum absolute atomic E-state index is 0.0729. The Kier molecular flexibility index (Phi) is 5.43. The zero-order valence-electron chi connectivity index (χ0n) is 10.1. The molecule has 0 aromatic heterocycles. The van der Waals surface area contributed by atoms with E-state index in [1.807, 2.05) is 31.2 Å². The molecule has 0 spiro atoms. The predicted octanol–water partition coefficient (Wildman–Crippen LogP) is 2.25. The topological polar surface area (TPSA) is 46.2 Å². The minimum Gasteiger partial charge on any atom is -0.309 e. The van der Waals surface area contributed by atoms with Crippen molar-refractivity contribution in [2.24, 2.45) is 0 Å². The van der Waals surface area contributed by atoms with Crippen molar-refractivity contribution in [2.45, 2.75) is 26.4 Å². The number of rotatable bonds is 6. The first-order valence-corrected chi connectivity index (χ1v) is 7.81. The van der Waals surface area contributed by atoms with Crippen LogP contribution >= 0.6 is 11.6 Å². The van der Waals surface area contributed by atoms with Crippen molar-refractivity contribution in [3.8, 4) is 0 Å². The van der Waals surface area contributed by atoms with Gasteiger partial charge in [-0.1, -0.05) is 36.7 Å². The van der Waals surface area contributed by atoms with Crippen LogP contribution in [-0.4, -0.2) is 26.0 Å². The first kappa shape index (κ1) is 14.5. The standard InChI is InChI=1S/C12H18ClNO2S/c1-3-17(15,16)9-10(2)14-8-11-6-4-5-7-12(11)13/h4-7,10,14H,3,8-9H2,1-2H3. The van der Waals surface area contributed by atoms with Gasteiger partial charge in [0.05, 0.1) is 5.75 Å². The normalized spacial score (nSPS) is 13.6. The molecule has 1 rings (SSSR count). The van der Waals surface area contributed by atoms with Gasteiger partial charge >= 0.3 is 0 Å². The highest BCUT2D eigenvalue weighted by molar-refractivity contribution is 7.91. The summed E-state index contributed by atoms with van der Waals surface area (Å²) in [5.74, 6) is 0.346. The van der Waals surface area contributed by atoms with E-state index in [2.05, 4.69) is 5.32 Å². The van der Waals surface area contributed by atoms with Gasteiger partial charge in [0.25, 0.3) is 0 Å². The third kappa shape index (κ3) is 5.06. The van der Waals surface area contributed by atoms with Gasteiger partial charge in [-0.05, 0) is 18.6 Å². The molecule has 0 heterocycles. The first-order chi connectivity index (χ1) is 7.94. The van der Waals surface area contributed by atoms with Gasteiger partial charge in [-0.2, -0.15) is 0 Å². The number of hydrogen-bond donors (Lipinski definition) is 1. The second-order valence-corrected chi connectivity index (χ2v) is 6.88. The van der Waals surface area contributed by atoms with Gasteiger partial charge in [0.15, 0.2) is 9.84 Å². The summed E-state index contributed by atoms with van der Waals surface area (Å²) in [6.45, 7) is 4.11. The lowest BCUT2D eigenvalue weighted by Gasteiger charge is -2.14. The van der Waals surface area contributed by atoms with E-state index in [0.717, 1.165) is 5.56 Å². The quantitative estimate of drug-likeness (QED) is 0.866. The number of benzene rings is 1. The summed E-state index contributed by atoms with van der Waals surface area (Å²) in [7, 11) is -2.93. The second kappa shape index (κ2) is 6.38. The fraction of sp³-hybridized carbons (Fsp3) is 0.500. The van der Waals surface area contributed by atoms with Gasteiger partial charge in [0.1, 0.15) is 0 Å². The Balaban J connectivity index is 2.49. The Morgan fingerprint density at radius 1 is 1.35 bits per heavy atom. The highest BCUT2D eigenvalue weighted by atomic mass is 35.5. The molecular formula is C12H18ClNO2S. The maximum absolute atomic E-state index is 11.4. The Bertz CT molecular complexity index is 459. The largest absolute Gasteiger partial charge is 0.309 e. The van der Waals surface area contributed by atoms with Crippen LogP contribution in [0, 0.1) is 0 Å². The predicted molar refractivity (Wildman–Crippen MR) is 72.1 cm³/mol. The highest BCUT2D eigenvalue weighted by Gasteiger charge is 2.13. The lowest BCUT2D eigenvalue weighted by atomic mass is 10.2. The van der Waals surface area contributed by atoms with Crippen molar-refractivity contribution >= 4 is 21.4 Å². The van der Waals surface area contributed by atoms with Gasteiger partial charge in [0.2, 0.25) is 0 Å². The van der Waals surface area contributed by atoms with Crippen LogP contribution in [0.15, 0.2) is 24.3 Å². The molecule has 1 aromatic carbocycles. The molecule has 0 aliphatic heterocycles. The van der Waals surface area contributed by atoms with Gasteiger partial charge in [-0.15, -0.1) is 0 Å². The summed E-state index contributed by atoms with van der Waals surface area (Å²) < 4.78 is 22.8. The SMILES string of the molecule is CCS(=O)(=O)CC(C)NCc1ccccc1Cl. The molecule has 0 saturated heterocycles. The number of halogens is 1. The third-order valence-corrected chi connectivity index (χ3v) is 4.80. The Labute approximate surface area is 108 Å². The van der Waals surface area contributed by atoms with Crippen LogP contribution in [0.4, 0.5) is 0 Å². The second-order valence-electron chi connectivity index (χ2n) is 4.07. The molecule has 0 bridgehead atoms. The molecule has 1 N–H and O–H groups in total. The molecule has 0 aliphatic rings. The first-order valence-electron chi connectivity index (χ1n) is 5.62. The van der Waals surface area contributed by atoms with Gasteiger partial charge in [-0.25, -0.2) is 8.42 Å². The maximum Gasteiger partial charge on any atom is 0.151 e. The molecule has 0 fully saturated rings. The molecule has 3 nitrogen and oxygen atoms in total. The van der Waals surface area contributed by atoms with E-state index >= 15 is 0 Å². The van der Waals surface area contributed by atoms with E-state index in [4.69, 9.17) is 11.6 Å². The van der Waals surface area contributed by atoms with E-state index in [-0.39, 0.29) is 17.5 Å². The molecule has 1 aromatic rings. The summed E-state index contributed by atoms with van der Waals surface area (Å²) in [6, 6.07) is 7.46. The number of hydrogen-bond acceptors (Lipinski definition) is 3. The van der Waals surface area contributed by atoms with Crippen molar-refractivity contribution in [1.29, 1.82) is 0 Å². The summed E-state index contributed by atoms with van der Waals surface area (Å²) in [5, 5.41) is 3.87. The van der Waals surface area contributed by atoms with Crippen LogP contribution in [0.5, 0.6) is 0 Å². The van der Waals surface area contributed by atoms with E-state index in [9.17, 15) is 8.42 Å². The lowest BCUT2D eigenvalue weighted by Crippen LogP contribution is -2.33. The summed E-state index contributed by atoms with van der Waals surface area (Å²) in [6.07, 6.45) is 0. The average Bonchev–Trinajstić information content (AvgIpc) is 2.27. The minimum atomic E-state index is -2.93. The van der Waals surface area contributed by atoms with Gasteiger partial charge in [0, 0.05) is 23.4 Å². The molecule has 5 heteroatoms. The monoisotopic (exact) mass is 275 g/mol. The molecular weight excluding hydrogens is 258 g/mol. The molecule has 0 saturated carbocycles. The molecule has 96 valence electrons. The number of sulfone groups is 1. The van der Waals surface area contributed by atoms with Crippen LogP contribution in [0.25, 0.3) is 0 Å². The Morgan fingerprint density at radius 2 is 2.00 bits per heavy atom. The number of nitrogens with one attached hydrogen (secondary N) is 1. The molecule has 0 amide bonds. The highest BCUT2D eigenvalue weighted by Crippen LogP contribution is 2.14. The third-order valence-electron chi connectivity index (χ3n) is 2.54. The van der Waals surface area contributed by atoms with Crippen LogP contribution in [0.1, 0.15) is 19.4 Å². The summed E-state index contributed by atoms with van der Waals surface area (Å²) in [4.78, 5) is 0. The van der Waals surface area contributed by atoms with Gasteiger partial charge in [-0.3, -0.25) is 0 Å². The Morgan fingerprint density at radius 3 is 2.59 bits per heavy atom. The van der Waals surface area contributed by atoms with Crippen molar-refractivity contribution < 1.29 is 8.42 Å². The average molecular weight is 276 g/mol. The molecule has 0 aliphatic carbocycles. The van der Waals surface area contributed by atoms with E-state index in [1.165, 1.54) is 0 Å². The Hall–Kier alpha value is -0.580. The zero-order valence-corrected chi connectivity index (χ0v) is 11.7. The van der Waals surface area contributed by atoms with E-state index < -0.39 is 9.84 Å². The van der Waals surface area contributed by atoms with E-state index in [0.29, 0.717) is 11.6 Å². The van der Waals surface area contributed by atoms with Crippen LogP contribution in [0.2, 0.25) is 5.02 Å².